The highest BCUT2D eigenvalue weighted by atomic mass is 35.5. The van der Waals surface area contributed by atoms with Gasteiger partial charge in [0.2, 0.25) is 5.91 Å². The van der Waals surface area contributed by atoms with Crippen LogP contribution in [-0.4, -0.2) is 94.0 Å². The van der Waals surface area contributed by atoms with E-state index in [1.165, 1.54) is 0 Å². The number of β-amino-alcohol motifs (C(OH)–C–C–N with tert-alkyl or cyclic N) is 1. The molecule has 3 amide bonds. The summed E-state index contributed by atoms with van der Waals surface area (Å²) in [6.45, 7) is 7.95. The first-order chi connectivity index (χ1) is 19.7. The van der Waals surface area contributed by atoms with Gasteiger partial charge >= 0.3 is 6.03 Å². The molecule has 0 radical (unpaired) electrons. The normalized spacial score (nSPS) is 16.3. The Bertz CT molecular complexity index is 1420. The highest BCUT2D eigenvalue weighted by Gasteiger charge is 2.29. The lowest BCUT2D eigenvalue weighted by molar-refractivity contribution is -0.129. The van der Waals surface area contributed by atoms with Gasteiger partial charge in [0.05, 0.1) is 31.1 Å². The standard InChI is InChI=1S/C30H37ClN6O4/c1-20-16-22(8-9-25(20)31)29-24-19-36(21(2)38)11-10-27(24)37(33-29)18-23(39)17-34-12-14-35(15-13-34)30(40)32-26-6-4-5-7-28(26)41-3/h4-9,16,23,39H,10-15,17-19H2,1-3H3,(H,32,40). The molecule has 1 fully saturated rings. The summed E-state index contributed by atoms with van der Waals surface area (Å²) in [5.41, 5.74) is 5.45. The number of aromatic nitrogens is 2. The molecule has 2 aromatic carbocycles. The van der Waals surface area contributed by atoms with E-state index in [1.54, 1.807) is 18.9 Å². The number of hydrogen-bond donors (Lipinski definition) is 2. The fraction of sp³-hybridized carbons (Fsp3) is 0.433. The molecule has 218 valence electrons. The van der Waals surface area contributed by atoms with Gasteiger partial charge in [0.1, 0.15) is 5.75 Å². The minimum absolute atomic E-state index is 0.0393. The lowest BCUT2D eigenvalue weighted by atomic mass is 9.99. The molecule has 1 saturated heterocycles. The van der Waals surface area contributed by atoms with Gasteiger partial charge in [-0.1, -0.05) is 29.8 Å². The van der Waals surface area contributed by atoms with Crippen LogP contribution in [0.3, 0.4) is 0 Å². The summed E-state index contributed by atoms with van der Waals surface area (Å²) in [6.07, 6.45) is 0.0415. The van der Waals surface area contributed by atoms with Crippen LogP contribution in [0, 0.1) is 6.92 Å². The number of methoxy groups -OCH3 is 1. The number of rotatable bonds is 7. The summed E-state index contributed by atoms with van der Waals surface area (Å²) in [5, 5.41) is 19.7. The second-order valence-electron chi connectivity index (χ2n) is 10.7. The van der Waals surface area contributed by atoms with Gasteiger partial charge in [-0.15, -0.1) is 0 Å². The molecule has 0 aliphatic carbocycles. The SMILES string of the molecule is COc1ccccc1NC(=O)N1CCN(CC(O)Cn2nc(-c3ccc(Cl)c(C)c3)c3c2CCN(C(C)=O)C3)CC1. The van der Waals surface area contributed by atoms with Crippen molar-refractivity contribution in [3.05, 3.63) is 64.3 Å². The zero-order chi connectivity index (χ0) is 29.1. The Morgan fingerprint density at radius 2 is 1.83 bits per heavy atom. The number of hydrogen-bond acceptors (Lipinski definition) is 6. The third-order valence-electron chi connectivity index (χ3n) is 7.87. The zero-order valence-corrected chi connectivity index (χ0v) is 24.5. The van der Waals surface area contributed by atoms with Gasteiger partial charge in [-0.05, 0) is 36.8 Å². The zero-order valence-electron chi connectivity index (χ0n) is 23.8. The third kappa shape index (κ3) is 6.50. The van der Waals surface area contributed by atoms with Crippen LogP contribution in [0.4, 0.5) is 10.5 Å². The van der Waals surface area contributed by atoms with E-state index in [0.717, 1.165) is 28.1 Å². The largest absolute Gasteiger partial charge is 0.495 e. The first-order valence-electron chi connectivity index (χ1n) is 13.9. The van der Waals surface area contributed by atoms with Crippen LogP contribution in [-0.2, 0) is 24.3 Å². The lowest BCUT2D eigenvalue weighted by Gasteiger charge is -2.35. The maximum atomic E-state index is 12.8. The van der Waals surface area contributed by atoms with Crippen molar-refractivity contribution >= 4 is 29.2 Å². The maximum absolute atomic E-state index is 12.8. The van der Waals surface area contributed by atoms with E-state index in [2.05, 4.69) is 10.2 Å². The van der Waals surface area contributed by atoms with Crippen LogP contribution in [0.15, 0.2) is 42.5 Å². The Kier molecular flexibility index (Phi) is 8.82. The van der Waals surface area contributed by atoms with Crippen molar-refractivity contribution in [2.45, 2.75) is 39.5 Å². The predicted molar refractivity (Wildman–Crippen MR) is 158 cm³/mol. The van der Waals surface area contributed by atoms with Gasteiger partial charge in [0.25, 0.3) is 0 Å². The maximum Gasteiger partial charge on any atom is 0.322 e. The van der Waals surface area contributed by atoms with Crippen LogP contribution in [0.25, 0.3) is 11.3 Å². The topological polar surface area (TPSA) is 103 Å². The number of ether oxygens (including phenoxy) is 1. The molecular weight excluding hydrogens is 544 g/mol. The number of carbonyl (C=O) groups is 2. The predicted octanol–water partition coefficient (Wildman–Crippen LogP) is 3.64. The Balaban J connectivity index is 1.22. The van der Waals surface area contributed by atoms with Crippen LogP contribution >= 0.6 is 11.6 Å². The number of aliphatic hydroxyl groups excluding tert-OH is 1. The van der Waals surface area contributed by atoms with Crippen LogP contribution in [0.5, 0.6) is 5.75 Å². The molecule has 3 heterocycles. The van der Waals surface area contributed by atoms with Gasteiger partial charge in [-0.25, -0.2) is 4.79 Å². The Morgan fingerprint density at radius 1 is 1.07 bits per heavy atom. The van der Waals surface area contributed by atoms with Crippen molar-refractivity contribution in [2.24, 2.45) is 0 Å². The van der Waals surface area contributed by atoms with Crippen LogP contribution < -0.4 is 10.1 Å². The average Bonchev–Trinajstić information content (AvgIpc) is 3.32. The monoisotopic (exact) mass is 580 g/mol. The number of aryl methyl sites for hydroxylation is 1. The van der Waals surface area contributed by atoms with Gasteiger partial charge in [0.15, 0.2) is 0 Å². The number of nitrogens with zero attached hydrogens (tertiary/aromatic N) is 5. The van der Waals surface area contributed by atoms with E-state index in [-0.39, 0.29) is 11.9 Å². The van der Waals surface area contributed by atoms with E-state index in [4.69, 9.17) is 21.4 Å². The molecule has 0 saturated carbocycles. The first kappa shape index (κ1) is 28.9. The molecule has 2 N–H and O–H groups in total. The highest BCUT2D eigenvalue weighted by Crippen LogP contribution is 2.32. The van der Waals surface area contributed by atoms with Gasteiger partial charge < -0.3 is 25.0 Å². The quantitative estimate of drug-likeness (QED) is 0.442. The number of aliphatic hydroxyl groups is 1. The second kappa shape index (κ2) is 12.5. The number of benzene rings is 2. The van der Waals surface area contributed by atoms with E-state index in [9.17, 15) is 14.7 Å². The number of anilines is 1. The molecule has 1 aromatic heterocycles. The molecule has 2 aliphatic rings. The van der Waals surface area contributed by atoms with Crippen molar-refractivity contribution in [1.82, 2.24) is 24.5 Å². The highest BCUT2D eigenvalue weighted by molar-refractivity contribution is 6.31. The summed E-state index contributed by atoms with van der Waals surface area (Å²) in [5.74, 6) is 0.657. The minimum atomic E-state index is -0.640. The van der Waals surface area contributed by atoms with E-state index in [0.29, 0.717) is 75.2 Å². The van der Waals surface area contributed by atoms with E-state index < -0.39 is 6.10 Å². The number of carbonyl (C=O) groups excluding carboxylic acids is 2. The first-order valence-corrected chi connectivity index (χ1v) is 14.3. The molecule has 11 heteroatoms. The van der Waals surface area contributed by atoms with Gasteiger partial charge in [-0.3, -0.25) is 14.4 Å². The number of para-hydroxylation sites is 2. The van der Waals surface area contributed by atoms with Crippen LogP contribution in [0.2, 0.25) is 5.02 Å². The number of nitrogens with one attached hydrogen (secondary N) is 1. The molecule has 3 aromatic rings. The fourth-order valence-corrected chi connectivity index (χ4v) is 5.68. The molecule has 41 heavy (non-hydrogen) atoms. The molecule has 1 atom stereocenters. The molecule has 10 nitrogen and oxygen atoms in total. The number of amides is 3. The van der Waals surface area contributed by atoms with Gasteiger partial charge in [0, 0.05) is 81.0 Å². The Hall–Kier alpha value is -3.60. The number of urea groups is 1. The summed E-state index contributed by atoms with van der Waals surface area (Å²) < 4.78 is 7.24. The molecule has 2 aliphatic heterocycles. The Morgan fingerprint density at radius 3 is 2.54 bits per heavy atom. The minimum Gasteiger partial charge on any atom is -0.495 e. The van der Waals surface area contributed by atoms with Crippen LogP contribution in [0.1, 0.15) is 23.7 Å². The molecule has 5 rings (SSSR count). The lowest BCUT2D eigenvalue weighted by Crippen LogP contribution is -2.51. The molecule has 0 bridgehead atoms. The summed E-state index contributed by atoms with van der Waals surface area (Å²) in [7, 11) is 1.58. The molecule has 0 spiro atoms. The van der Waals surface area contributed by atoms with E-state index in [1.807, 2.05) is 59.0 Å². The molecular formula is C30H37ClN6O4. The van der Waals surface area contributed by atoms with Crippen molar-refractivity contribution < 1.29 is 19.4 Å². The summed E-state index contributed by atoms with van der Waals surface area (Å²) >= 11 is 6.27. The number of halogens is 1. The fourth-order valence-electron chi connectivity index (χ4n) is 5.57. The second-order valence-corrected chi connectivity index (χ2v) is 11.1. The van der Waals surface area contributed by atoms with Crippen molar-refractivity contribution in [3.8, 4) is 17.0 Å². The van der Waals surface area contributed by atoms with E-state index >= 15 is 0 Å². The third-order valence-corrected chi connectivity index (χ3v) is 8.30. The summed E-state index contributed by atoms with van der Waals surface area (Å²) in [6, 6.07) is 13.0. The van der Waals surface area contributed by atoms with Gasteiger partial charge in [-0.2, -0.15) is 5.10 Å². The van der Waals surface area contributed by atoms with Crippen molar-refractivity contribution in [3.63, 3.8) is 0 Å². The number of fused-ring (bicyclic) bond motifs is 1. The Labute approximate surface area is 245 Å². The smallest absolute Gasteiger partial charge is 0.322 e. The number of piperazine rings is 1. The summed E-state index contributed by atoms with van der Waals surface area (Å²) in [4.78, 5) is 30.7. The van der Waals surface area contributed by atoms with Crippen molar-refractivity contribution in [1.29, 1.82) is 0 Å². The molecule has 1 unspecified atom stereocenters. The average molecular weight is 581 g/mol. The van der Waals surface area contributed by atoms with Crippen molar-refractivity contribution in [2.75, 3.05) is 51.7 Å².